The molecule has 0 aromatic heterocycles. The van der Waals surface area contributed by atoms with Crippen molar-refractivity contribution in [1.82, 2.24) is 0 Å². The maximum atomic E-state index is 11.8. The summed E-state index contributed by atoms with van der Waals surface area (Å²) in [6.07, 6.45) is 0.834. The van der Waals surface area contributed by atoms with Crippen molar-refractivity contribution in [2.45, 2.75) is 18.6 Å². The van der Waals surface area contributed by atoms with Gasteiger partial charge in [0.1, 0.15) is 11.3 Å². The Balaban J connectivity index is 2.26. The van der Waals surface area contributed by atoms with Crippen LogP contribution in [0.2, 0.25) is 0 Å². The van der Waals surface area contributed by atoms with Crippen LogP contribution in [0.25, 0.3) is 0 Å². The van der Waals surface area contributed by atoms with E-state index in [2.05, 4.69) is 4.90 Å². The van der Waals surface area contributed by atoms with Gasteiger partial charge in [0.2, 0.25) is 0 Å². The van der Waals surface area contributed by atoms with Crippen LogP contribution in [0.4, 0.5) is 5.69 Å². The Morgan fingerprint density at radius 3 is 2.71 bits per heavy atom. The minimum Gasteiger partial charge on any atom is -0.496 e. The maximum Gasteiger partial charge on any atom is 0.341 e. The fourth-order valence-electron chi connectivity index (χ4n) is 2.58. The monoisotopic (exact) mass is 294 g/mol. The number of carbonyl (C=O) groups is 1. The number of piperidine rings is 1. The van der Waals surface area contributed by atoms with Crippen LogP contribution in [0.3, 0.4) is 0 Å². The molecule has 0 spiro atoms. The zero-order valence-corrected chi connectivity index (χ0v) is 12.7. The van der Waals surface area contributed by atoms with Gasteiger partial charge < -0.3 is 24.8 Å². The Kier molecular flexibility index (Phi) is 5.03. The summed E-state index contributed by atoms with van der Waals surface area (Å²) in [5.41, 5.74) is 7.38. The lowest BCUT2D eigenvalue weighted by atomic mass is 10.0. The third-order valence-corrected chi connectivity index (χ3v) is 3.87. The molecule has 1 heterocycles. The molecule has 0 amide bonds. The SMILES string of the molecule is COC(=O)c1cc(N2CC[C@@H](N)[C@@H](OC)C2)ccc1OC. The summed E-state index contributed by atoms with van der Waals surface area (Å²) in [5, 5.41) is 0. The Hall–Kier alpha value is -1.79. The first-order valence-corrected chi connectivity index (χ1v) is 6.90. The van der Waals surface area contributed by atoms with E-state index in [-0.39, 0.29) is 12.1 Å². The van der Waals surface area contributed by atoms with Gasteiger partial charge in [-0.1, -0.05) is 0 Å². The third kappa shape index (κ3) is 3.28. The Morgan fingerprint density at radius 2 is 2.10 bits per heavy atom. The number of anilines is 1. The topological polar surface area (TPSA) is 74.0 Å². The summed E-state index contributed by atoms with van der Waals surface area (Å²) >= 11 is 0. The van der Waals surface area contributed by atoms with E-state index >= 15 is 0 Å². The molecule has 1 fully saturated rings. The van der Waals surface area contributed by atoms with Gasteiger partial charge in [-0.15, -0.1) is 0 Å². The van der Waals surface area contributed by atoms with Crippen molar-refractivity contribution in [3.63, 3.8) is 0 Å². The average molecular weight is 294 g/mol. The lowest BCUT2D eigenvalue weighted by Gasteiger charge is -2.37. The van der Waals surface area contributed by atoms with Gasteiger partial charge in [-0.25, -0.2) is 4.79 Å². The number of nitrogens with zero attached hydrogens (tertiary/aromatic N) is 1. The van der Waals surface area contributed by atoms with Gasteiger partial charge in [0.05, 0.1) is 20.3 Å². The number of hydrogen-bond acceptors (Lipinski definition) is 6. The highest BCUT2D eigenvalue weighted by atomic mass is 16.5. The van der Waals surface area contributed by atoms with Crippen LogP contribution < -0.4 is 15.4 Å². The van der Waals surface area contributed by atoms with E-state index in [0.29, 0.717) is 17.9 Å². The second-order valence-electron chi connectivity index (χ2n) is 5.05. The van der Waals surface area contributed by atoms with Gasteiger partial charge in [-0.2, -0.15) is 0 Å². The minimum absolute atomic E-state index is 0.0116. The van der Waals surface area contributed by atoms with Gasteiger partial charge >= 0.3 is 5.97 Å². The Labute approximate surface area is 124 Å². The van der Waals surface area contributed by atoms with Crippen LogP contribution in [0.15, 0.2) is 18.2 Å². The van der Waals surface area contributed by atoms with Crippen molar-refractivity contribution < 1.29 is 19.0 Å². The summed E-state index contributed by atoms with van der Waals surface area (Å²) in [6.45, 7) is 1.53. The standard InChI is InChI=1S/C15H22N2O4/c1-19-13-5-4-10(8-11(13)15(18)21-3)17-7-6-12(16)14(9-17)20-2/h4-5,8,12,14H,6-7,9,16H2,1-3H3/t12-,14+/m1/s1. The largest absolute Gasteiger partial charge is 0.496 e. The first-order chi connectivity index (χ1) is 10.1. The van der Waals surface area contributed by atoms with Crippen LogP contribution in [-0.4, -0.2) is 52.5 Å². The van der Waals surface area contributed by atoms with E-state index in [1.54, 1.807) is 19.2 Å². The Morgan fingerprint density at radius 1 is 1.33 bits per heavy atom. The highest BCUT2D eigenvalue weighted by Gasteiger charge is 2.27. The highest BCUT2D eigenvalue weighted by Crippen LogP contribution is 2.27. The number of hydrogen-bond donors (Lipinski definition) is 1. The van der Waals surface area contributed by atoms with Crippen molar-refractivity contribution in [2.24, 2.45) is 5.73 Å². The lowest BCUT2D eigenvalue weighted by molar-refractivity contribution is 0.0597. The molecule has 1 saturated heterocycles. The smallest absolute Gasteiger partial charge is 0.341 e. The van der Waals surface area contributed by atoms with Crippen LogP contribution in [0, 0.1) is 0 Å². The second-order valence-corrected chi connectivity index (χ2v) is 5.05. The van der Waals surface area contributed by atoms with E-state index in [1.807, 2.05) is 6.07 Å². The van der Waals surface area contributed by atoms with Crippen molar-refractivity contribution in [3.05, 3.63) is 23.8 Å². The van der Waals surface area contributed by atoms with Crippen molar-refractivity contribution in [3.8, 4) is 5.75 Å². The molecular weight excluding hydrogens is 272 g/mol. The predicted molar refractivity (Wildman–Crippen MR) is 79.9 cm³/mol. The van der Waals surface area contributed by atoms with Gasteiger partial charge in [0, 0.05) is 31.9 Å². The summed E-state index contributed by atoms with van der Waals surface area (Å²) in [5.74, 6) is 0.0910. The summed E-state index contributed by atoms with van der Waals surface area (Å²) in [6, 6.07) is 5.53. The van der Waals surface area contributed by atoms with Gasteiger partial charge in [0.15, 0.2) is 0 Å². The Bertz CT molecular complexity index is 506. The van der Waals surface area contributed by atoms with E-state index in [1.165, 1.54) is 14.2 Å². The van der Waals surface area contributed by atoms with Gasteiger partial charge in [-0.05, 0) is 24.6 Å². The predicted octanol–water partition coefficient (Wildman–Crippen LogP) is 1.03. The highest BCUT2D eigenvalue weighted by molar-refractivity contribution is 5.93. The first-order valence-electron chi connectivity index (χ1n) is 6.90. The minimum atomic E-state index is -0.411. The molecule has 0 radical (unpaired) electrons. The molecule has 1 aromatic carbocycles. The molecule has 1 aliphatic rings. The summed E-state index contributed by atoms with van der Waals surface area (Å²) in [4.78, 5) is 14.0. The molecule has 2 atom stereocenters. The molecule has 0 bridgehead atoms. The molecule has 6 heteroatoms. The van der Waals surface area contributed by atoms with E-state index < -0.39 is 5.97 Å². The number of esters is 1. The molecular formula is C15H22N2O4. The number of nitrogens with two attached hydrogens (primary N) is 1. The molecule has 21 heavy (non-hydrogen) atoms. The molecule has 1 aromatic rings. The lowest BCUT2D eigenvalue weighted by Crippen LogP contribution is -2.51. The van der Waals surface area contributed by atoms with Crippen molar-refractivity contribution >= 4 is 11.7 Å². The summed E-state index contributed by atoms with van der Waals surface area (Å²) < 4.78 is 15.4. The molecule has 6 nitrogen and oxygen atoms in total. The average Bonchev–Trinajstić information content (AvgIpc) is 2.54. The number of rotatable bonds is 4. The van der Waals surface area contributed by atoms with E-state index in [9.17, 15) is 4.79 Å². The normalized spacial score (nSPS) is 22.0. The molecule has 116 valence electrons. The number of methoxy groups -OCH3 is 3. The maximum absolute atomic E-state index is 11.8. The third-order valence-electron chi connectivity index (χ3n) is 3.87. The zero-order chi connectivity index (χ0) is 15.4. The first kappa shape index (κ1) is 15.6. The molecule has 0 aliphatic carbocycles. The second kappa shape index (κ2) is 6.78. The van der Waals surface area contributed by atoms with E-state index in [0.717, 1.165) is 18.7 Å². The summed E-state index contributed by atoms with van der Waals surface area (Å²) in [7, 11) is 4.56. The number of ether oxygens (including phenoxy) is 3. The van der Waals surface area contributed by atoms with Crippen LogP contribution in [-0.2, 0) is 9.47 Å². The number of benzene rings is 1. The van der Waals surface area contributed by atoms with Gasteiger partial charge in [-0.3, -0.25) is 0 Å². The van der Waals surface area contributed by atoms with Crippen LogP contribution in [0.1, 0.15) is 16.8 Å². The quantitative estimate of drug-likeness (QED) is 0.836. The molecule has 0 unspecified atom stereocenters. The fourth-order valence-corrected chi connectivity index (χ4v) is 2.58. The molecule has 2 N–H and O–H groups in total. The van der Waals surface area contributed by atoms with Crippen molar-refractivity contribution in [2.75, 3.05) is 39.3 Å². The van der Waals surface area contributed by atoms with E-state index in [4.69, 9.17) is 19.9 Å². The molecule has 2 rings (SSSR count). The molecule has 0 saturated carbocycles. The van der Waals surface area contributed by atoms with Gasteiger partial charge in [0.25, 0.3) is 0 Å². The van der Waals surface area contributed by atoms with Crippen LogP contribution >= 0.6 is 0 Å². The zero-order valence-electron chi connectivity index (χ0n) is 12.7. The number of carbonyl (C=O) groups excluding carboxylic acids is 1. The van der Waals surface area contributed by atoms with Crippen molar-refractivity contribution in [1.29, 1.82) is 0 Å². The fraction of sp³-hybridized carbons (Fsp3) is 0.533. The molecule has 1 aliphatic heterocycles. The van der Waals surface area contributed by atoms with Crippen LogP contribution in [0.5, 0.6) is 5.75 Å².